The van der Waals surface area contributed by atoms with Crippen molar-refractivity contribution >= 4 is 28.9 Å². The molecular formula is C20H25N3O2. The van der Waals surface area contributed by atoms with Crippen LogP contribution >= 0.6 is 0 Å². The van der Waals surface area contributed by atoms with E-state index < -0.39 is 0 Å². The zero-order chi connectivity index (χ0) is 18.2. The lowest BCUT2D eigenvalue weighted by atomic mass is 10.1. The fourth-order valence-electron chi connectivity index (χ4n) is 2.57. The molecule has 0 bridgehead atoms. The first-order valence-electron chi connectivity index (χ1n) is 8.54. The van der Waals surface area contributed by atoms with E-state index in [1.54, 1.807) is 0 Å². The van der Waals surface area contributed by atoms with E-state index >= 15 is 0 Å². The summed E-state index contributed by atoms with van der Waals surface area (Å²) in [6, 6.07) is 13.0. The van der Waals surface area contributed by atoms with Crippen LogP contribution in [0.3, 0.4) is 0 Å². The number of nitrogen functional groups attached to an aromatic ring is 1. The fraction of sp³-hybridized carbons (Fsp3) is 0.300. The van der Waals surface area contributed by atoms with Crippen molar-refractivity contribution in [1.29, 1.82) is 0 Å². The van der Waals surface area contributed by atoms with Crippen molar-refractivity contribution in [3.8, 4) is 0 Å². The number of carbonyl (C=O) groups is 2. The number of hydrogen-bond acceptors (Lipinski definition) is 3. The number of para-hydroxylation sites is 1. The fourth-order valence-corrected chi connectivity index (χ4v) is 2.57. The van der Waals surface area contributed by atoms with E-state index in [4.69, 9.17) is 5.73 Å². The average Bonchev–Trinajstić information content (AvgIpc) is 2.58. The molecule has 0 aliphatic carbocycles. The summed E-state index contributed by atoms with van der Waals surface area (Å²) in [5.74, 6) is -0.1000. The Labute approximate surface area is 148 Å². The maximum Gasteiger partial charge on any atom is 0.224 e. The Bertz CT molecular complexity index is 756. The van der Waals surface area contributed by atoms with Crippen molar-refractivity contribution in [2.75, 3.05) is 16.4 Å². The van der Waals surface area contributed by atoms with Gasteiger partial charge in [-0.15, -0.1) is 0 Å². The quantitative estimate of drug-likeness (QED) is 0.669. The lowest BCUT2D eigenvalue weighted by Crippen LogP contribution is -2.15. The Kier molecular flexibility index (Phi) is 6.57. The molecule has 0 saturated carbocycles. The van der Waals surface area contributed by atoms with Crippen LogP contribution in [0.4, 0.5) is 17.1 Å². The summed E-state index contributed by atoms with van der Waals surface area (Å²) < 4.78 is 0. The van der Waals surface area contributed by atoms with Gasteiger partial charge in [-0.05, 0) is 49.1 Å². The second-order valence-corrected chi connectivity index (χ2v) is 6.02. The first-order valence-corrected chi connectivity index (χ1v) is 8.54. The van der Waals surface area contributed by atoms with Crippen LogP contribution in [0.15, 0.2) is 42.5 Å². The highest BCUT2D eigenvalue weighted by Gasteiger charge is 2.10. The van der Waals surface area contributed by atoms with Crippen molar-refractivity contribution in [2.45, 2.75) is 39.5 Å². The summed E-state index contributed by atoms with van der Waals surface area (Å²) in [4.78, 5) is 24.0. The molecular weight excluding hydrogens is 314 g/mol. The lowest BCUT2D eigenvalue weighted by molar-refractivity contribution is -0.117. The summed E-state index contributed by atoms with van der Waals surface area (Å²) in [6.45, 7) is 3.84. The van der Waals surface area contributed by atoms with Crippen LogP contribution < -0.4 is 16.4 Å². The van der Waals surface area contributed by atoms with E-state index in [9.17, 15) is 9.59 Å². The van der Waals surface area contributed by atoms with Gasteiger partial charge in [-0.25, -0.2) is 0 Å². The molecule has 0 heterocycles. The first-order chi connectivity index (χ1) is 12.0. The first kappa shape index (κ1) is 18.5. The normalized spacial score (nSPS) is 10.3. The van der Waals surface area contributed by atoms with Gasteiger partial charge in [0.2, 0.25) is 11.8 Å². The molecule has 2 amide bonds. The molecule has 5 heteroatoms. The summed E-state index contributed by atoms with van der Waals surface area (Å²) in [7, 11) is 0. The van der Waals surface area contributed by atoms with Gasteiger partial charge in [0, 0.05) is 29.9 Å². The van der Waals surface area contributed by atoms with Crippen molar-refractivity contribution in [1.82, 2.24) is 0 Å². The molecule has 0 fully saturated rings. The van der Waals surface area contributed by atoms with Crippen molar-refractivity contribution in [2.24, 2.45) is 0 Å². The third-order valence-corrected chi connectivity index (χ3v) is 4.04. The molecule has 4 N–H and O–H groups in total. The van der Waals surface area contributed by atoms with Crippen LogP contribution in [0.2, 0.25) is 0 Å². The number of amides is 2. The average molecular weight is 339 g/mol. The predicted octanol–water partition coefficient (Wildman–Crippen LogP) is 3.89. The smallest absolute Gasteiger partial charge is 0.224 e. The second-order valence-electron chi connectivity index (χ2n) is 6.02. The van der Waals surface area contributed by atoms with Gasteiger partial charge >= 0.3 is 0 Å². The number of nitrogens with two attached hydrogens (primary N) is 1. The number of benzene rings is 2. The number of anilines is 3. The monoisotopic (exact) mass is 339 g/mol. The predicted molar refractivity (Wildman–Crippen MR) is 103 cm³/mol. The van der Waals surface area contributed by atoms with Gasteiger partial charge in [0.05, 0.1) is 0 Å². The highest BCUT2D eigenvalue weighted by atomic mass is 16.2. The SMILES string of the molecule is CCCC(=O)Nc1cccc(NC(=O)CCc2ccccc2N)c1C. The van der Waals surface area contributed by atoms with E-state index in [0.717, 1.165) is 23.2 Å². The molecule has 0 unspecified atom stereocenters. The lowest BCUT2D eigenvalue weighted by Gasteiger charge is -2.13. The Morgan fingerprint density at radius 3 is 2.12 bits per heavy atom. The van der Waals surface area contributed by atoms with Gasteiger partial charge in [-0.3, -0.25) is 9.59 Å². The van der Waals surface area contributed by atoms with Crippen molar-refractivity contribution < 1.29 is 9.59 Å². The maximum atomic E-state index is 12.2. The number of carbonyl (C=O) groups excluding carboxylic acids is 2. The zero-order valence-electron chi connectivity index (χ0n) is 14.8. The van der Waals surface area contributed by atoms with Crippen LogP contribution in [0.25, 0.3) is 0 Å². The zero-order valence-corrected chi connectivity index (χ0v) is 14.8. The number of aryl methyl sites for hydroxylation is 1. The van der Waals surface area contributed by atoms with Crippen LogP contribution in [0.5, 0.6) is 0 Å². The topological polar surface area (TPSA) is 84.2 Å². The standard InChI is InChI=1S/C20H25N3O2/c1-3-7-19(24)22-17-10-6-11-18(14(17)2)23-20(25)13-12-15-8-4-5-9-16(15)21/h4-6,8-11H,3,7,12-13,21H2,1-2H3,(H,22,24)(H,23,25). The van der Waals surface area contributed by atoms with Gasteiger partial charge in [0.15, 0.2) is 0 Å². The van der Waals surface area contributed by atoms with E-state index in [1.165, 1.54) is 0 Å². The molecule has 5 nitrogen and oxygen atoms in total. The molecule has 0 aromatic heterocycles. The Morgan fingerprint density at radius 1 is 0.920 bits per heavy atom. The van der Waals surface area contributed by atoms with E-state index in [-0.39, 0.29) is 11.8 Å². The minimum atomic E-state index is -0.0802. The van der Waals surface area contributed by atoms with Gasteiger partial charge in [0.1, 0.15) is 0 Å². The highest BCUT2D eigenvalue weighted by molar-refractivity contribution is 5.95. The van der Waals surface area contributed by atoms with Crippen LogP contribution in [-0.2, 0) is 16.0 Å². The maximum absolute atomic E-state index is 12.2. The highest BCUT2D eigenvalue weighted by Crippen LogP contribution is 2.24. The molecule has 2 aromatic carbocycles. The molecule has 2 rings (SSSR count). The van der Waals surface area contributed by atoms with E-state index in [0.29, 0.717) is 30.6 Å². The minimum absolute atomic E-state index is 0.0198. The number of rotatable bonds is 7. The second kappa shape index (κ2) is 8.87. The summed E-state index contributed by atoms with van der Waals surface area (Å²) in [5, 5.41) is 5.80. The molecule has 0 aliphatic heterocycles. The molecule has 0 aliphatic rings. The largest absolute Gasteiger partial charge is 0.399 e. The molecule has 132 valence electrons. The molecule has 0 radical (unpaired) electrons. The third-order valence-electron chi connectivity index (χ3n) is 4.04. The Morgan fingerprint density at radius 2 is 1.52 bits per heavy atom. The summed E-state index contributed by atoms with van der Waals surface area (Å²) in [6.07, 6.45) is 2.21. The molecule has 0 atom stereocenters. The van der Waals surface area contributed by atoms with Crippen LogP contribution in [-0.4, -0.2) is 11.8 Å². The minimum Gasteiger partial charge on any atom is -0.399 e. The number of nitrogens with one attached hydrogen (secondary N) is 2. The molecule has 2 aromatic rings. The summed E-state index contributed by atoms with van der Waals surface area (Å²) in [5.41, 5.74) is 9.85. The summed E-state index contributed by atoms with van der Waals surface area (Å²) >= 11 is 0. The van der Waals surface area contributed by atoms with Crippen molar-refractivity contribution in [3.05, 3.63) is 53.6 Å². The number of hydrogen-bond donors (Lipinski definition) is 3. The Balaban J connectivity index is 1.98. The molecule has 0 spiro atoms. The molecule has 0 saturated heterocycles. The van der Waals surface area contributed by atoms with Crippen molar-refractivity contribution in [3.63, 3.8) is 0 Å². The van der Waals surface area contributed by atoms with Crippen LogP contribution in [0.1, 0.15) is 37.3 Å². The van der Waals surface area contributed by atoms with Crippen LogP contribution in [0, 0.1) is 6.92 Å². The van der Waals surface area contributed by atoms with Gasteiger partial charge in [0.25, 0.3) is 0 Å². The Hall–Kier alpha value is -2.82. The van der Waals surface area contributed by atoms with Gasteiger partial charge < -0.3 is 16.4 Å². The van der Waals surface area contributed by atoms with E-state index in [2.05, 4.69) is 10.6 Å². The molecule has 25 heavy (non-hydrogen) atoms. The third kappa shape index (κ3) is 5.35. The van der Waals surface area contributed by atoms with E-state index in [1.807, 2.05) is 56.3 Å². The van der Waals surface area contributed by atoms with Gasteiger partial charge in [-0.2, -0.15) is 0 Å². The van der Waals surface area contributed by atoms with Gasteiger partial charge in [-0.1, -0.05) is 31.2 Å².